The molecular formula is C18H29ClN2. The normalized spacial score (nSPS) is 29.8. The minimum atomic E-state index is 0.637. The third kappa shape index (κ3) is 4.45. The highest BCUT2D eigenvalue weighted by molar-refractivity contribution is 6.31. The Morgan fingerprint density at radius 2 is 1.95 bits per heavy atom. The van der Waals surface area contributed by atoms with Gasteiger partial charge in [0.2, 0.25) is 0 Å². The van der Waals surface area contributed by atoms with E-state index in [1.165, 1.54) is 18.4 Å². The van der Waals surface area contributed by atoms with Gasteiger partial charge in [-0.05, 0) is 56.3 Å². The number of hydrogen-bond donors (Lipinski definition) is 1. The van der Waals surface area contributed by atoms with Gasteiger partial charge in [0.15, 0.2) is 0 Å². The predicted octanol–water partition coefficient (Wildman–Crippen LogP) is 4.04. The van der Waals surface area contributed by atoms with Crippen molar-refractivity contribution >= 4 is 11.6 Å². The van der Waals surface area contributed by atoms with Crippen molar-refractivity contribution in [3.05, 3.63) is 34.9 Å². The fraction of sp³-hybridized carbons (Fsp3) is 0.667. The zero-order chi connectivity index (χ0) is 15.4. The molecule has 4 unspecified atom stereocenters. The van der Waals surface area contributed by atoms with Gasteiger partial charge in [-0.25, -0.2) is 0 Å². The van der Waals surface area contributed by atoms with Crippen LogP contribution >= 0.6 is 11.6 Å². The smallest absolute Gasteiger partial charge is 0.0451 e. The third-order valence-corrected chi connectivity index (χ3v) is 5.34. The summed E-state index contributed by atoms with van der Waals surface area (Å²) in [7, 11) is 4.32. The Bertz CT molecular complexity index is 449. The van der Waals surface area contributed by atoms with Gasteiger partial charge >= 0.3 is 0 Å². The molecule has 21 heavy (non-hydrogen) atoms. The minimum Gasteiger partial charge on any atom is -0.317 e. The topological polar surface area (TPSA) is 15.3 Å². The van der Waals surface area contributed by atoms with Gasteiger partial charge in [0, 0.05) is 24.2 Å². The van der Waals surface area contributed by atoms with Gasteiger partial charge in [-0.15, -0.1) is 0 Å². The Morgan fingerprint density at radius 1 is 1.24 bits per heavy atom. The summed E-state index contributed by atoms with van der Waals surface area (Å²) in [6.07, 6.45) is 2.65. The lowest BCUT2D eigenvalue weighted by Gasteiger charge is -2.41. The van der Waals surface area contributed by atoms with E-state index in [2.05, 4.69) is 50.3 Å². The van der Waals surface area contributed by atoms with Gasteiger partial charge in [-0.1, -0.05) is 43.6 Å². The van der Waals surface area contributed by atoms with E-state index in [1.807, 2.05) is 12.1 Å². The molecule has 0 amide bonds. The summed E-state index contributed by atoms with van der Waals surface area (Å²) in [5.74, 6) is 2.33. The van der Waals surface area contributed by atoms with Gasteiger partial charge in [0.25, 0.3) is 0 Å². The van der Waals surface area contributed by atoms with E-state index in [9.17, 15) is 0 Å². The molecule has 1 fully saturated rings. The van der Waals surface area contributed by atoms with Gasteiger partial charge < -0.3 is 10.2 Å². The van der Waals surface area contributed by atoms with Crippen LogP contribution in [0.1, 0.15) is 32.3 Å². The van der Waals surface area contributed by atoms with Crippen molar-refractivity contribution in [1.82, 2.24) is 10.2 Å². The van der Waals surface area contributed by atoms with Crippen molar-refractivity contribution in [1.29, 1.82) is 0 Å². The average molecular weight is 309 g/mol. The molecule has 0 aliphatic heterocycles. The maximum atomic E-state index is 6.28. The highest BCUT2D eigenvalue weighted by Crippen LogP contribution is 2.34. The molecule has 2 rings (SSSR count). The second-order valence-electron chi connectivity index (χ2n) is 6.90. The fourth-order valence-corrected chi connectivity index (χ4v) is 4.09. The first kappa shape index (κ1) is 16.8. The molecule has 1 aliphatic carbocycles. The number of rotatable bonds is 5. The molecule has 2 nitrogen and oxygen atoms in total. The number of halogens is 1. The predicted molar refractivity (Wildman–Crippen MR) is 91.7 cm³/mol. The van der Waals surface area contributed by atoms with Gasteiger partial charge in [-0.3, -0.25) is 0 Å². The second kappa shape index (κ2) is 7.62. The minimum absolute atomic E-state index is 0.637. The summed E-state index contributed by atoms with van der Waals surface area (Å²) in [5.41, 5.74) is 1.22. The molecule has 4 atom stereocenters. The molecule has 0 spiro atoms. The summed E-state index contributed by atoms with van der Waals surface area (Å²) in [5, 5.41) is 4.42. The summed E-state index contributed by atoms with van der Waals surface area (Å²) >= 11 is 6.28. The van der Waals surface area contributed by atoms with Gasteiger partial charge in [-0.2, -0.15) is 0 Å². The Labute approximate surface area is 134 Å². The Kier molecular flexibility index (Phi) is 6.09. The Balaban J connectivity index is 1.97. The highest BCUT2D eigenvalue weighted by Gasteiger charge is 2.33. The van der Waals surface area contributed by atoms with Crippen molar-refractivity contribution in [2.75, 3.05) is 20.6 Å². The zero-order valence-corrected chi connectivity index (χ0v) is 14.5. The molecule has 0 radical (unpaired) electrons. The SMILES string of the molecule is CNC1CC(C)CC(C)C1CN(C)Cc1ccccc1Cl. The molecule has 1 aromatic carbocycles. The molecule has 1 saturated carbocycles. The van der Waals surface area contributed by atoms with Crippen LogP contribution in [0, 0.1) is 17.8 Å². The van der Waals surface area contributed by atoms with Crippen LogP contribution < -0.4 is 5.32 Å². The first-order chi connectivity index (χ1) is 10.0. The number of nitrogens with one attached hydrogen (secondary N) is 1. The molecule has 1 N–H and O–H groups in total. The van der Waals surface area contributed by atoms with E-state index < -0.39 is 0 Å². The maximum absolute atomic E-state index is 6.28. The van der Waals surface area contributed by atoms with Crippen molar-refractivity contribution < 1.29 is 0 Å². The van der Waals surface area contributed by atoms with Crippen LogP contribution in [0.3, 0.4) is 0 Å². The number of nitrogens with zero attached hydrogens (tertiary/aromatic N) is 1. The molecule has 0 heterocycles. The first-order valence-electron chi connectivity index (χ1n) is 8.10. The quantitative estimate of drug-likeness (QED) is 0.883. The maximum Gasteiger partial charge on any atom is 0.0451 e. The van der Waals surface area contributed by atoms with Crippen molar-refractivity contribution in [3.8, 4) is 0 Å². The first-order valence-corrected chi connectivity index (χ1v) is 8.48. The number of benzene rings is 1. The van der Waals surface area contributed by atoms with E-state index >= 15 is 0 Å². The molecule has 1 aliphatic rings. The van der Waals surface area contributed by atoms with E-state index in [-0.39, 0.29) is 0 Å². The van der Waals surface area contributed by atoms with Crippen LogP contribution in [0.4, 0.5) is 0 Å². The number of hydrogen-bond acceptors (Lipinski definition) is 2. The largest absolute Gasteiger partial charge is 0.317 e. The summed E-state index contributed by atoms with van der Waals surface area (Å²) in [4.78, 5) is 2.42. The molecule has 3 heteroatoms. The van der Waals surface area contributed by atoms with Crippen LogP contribution in [-0.2, 0) is 6.54 Å². The molecular weight excluding hydrogens is 280 g/mol. The van der Waals surface area contributed by atoms with Crippen LogP contribution in [-0.4, -0.2) is 31.6 Å². The van der Waals surface area contributed by atoms with Crippen molar-refractivity contribution in [2.45, 2.75) is 39.3 Å². The van der Waals surface area contributed by atoms with Crippen LogP contribution in [0.5, 0.6) is 0 Å². The van der Waals surface area contributed by atoms with E-state index in [0.29, 0.717) is 6.04 Å². The molecule has 118 valence electrons. The van der Waals surface area contributed by atoms with Crippen LogP contribution in [0.2, 0.25) is 5.02 Å². The van der Waals surface area contributed by atoms with Crippen LogP contribution in [0.25, 0.3) is 0 Å². The Hall–Kier alpha value is -0.570. The molecule has 0 aromatic heterocycles. The Morgan fingerprint density at radius 3 is 2.62 bits per heavy atom. The lowest BCUT2D eigenvalue weighted by atomic mass is 9.72. The van der Waals surface area contributed by atoms with E-state index in [0.717, 1.165) is 35.9 Å². The average Bonchev–Trinajstić information content (AvgIpc) is 2.44. The summed E-state index contributed by atoms with van der Waals surface area (Å²) < 4.78 is 0. The van der Waals surface area contributed by atoms with Crippen LogP contribution in [0.15, 0.2) is 24.3 Å². The third-order valence-electron chi connectivity index (χ3n) is 4.97. The lowest BCUT2D eigenvalue weighted by molar-refractivity contribution is 0.113. The standard InChI is InChI=1S/C18H29ClN2/c1-13-9-14(2)16(18(10-13)20-3)12-21(4)11-15-7-5-6-8-17(15)19/h5-8,13-14,16,18,20H,9-12H2,1-4H3. The van der Waals surface area contributed by atoms with Crippen molar-refractivity contribution in [2.24, 2.45) is 17.8 Å². The van der Waals surface area contributed by atoms with Gasteiger partial charge in [0.1, 0.15) is 0 Å². The fourth-order valence-electron chi connectivity index (χ4n) is 3.89. The van der Waals surface area contributed by atoms with E-state index in [4.69, 9.17) is 11.6 Å². The highest BCUT2D eigenvalue weighted by atomic mass is 35.5. The molecule has 0 saturated heterocycles. The van der Waals surface area contributed by atoms with Crippen molar-refractivity contribution in [3.63, 3.8) is 0 Å². The summed E-state index contributed by atoms with van der Waals surface area (Å²) in [6, 6.07) is 8.80. The monoisotopic (exact) mass is 308 g/mol. The summed E-state index contributed by atoms with van der Waals surface area (Å²) in [6.45, 7) is 6.85. The zero-order valence-electron chi connectivity index (χ0n) is 13.8. The lowest BCUT2D eigenvalue weighted by Crippen LogP contribution is -2.47. The van der Waals surface area contributed by atoms with E-state index in [1.54, 1.807) is 0 Å². The molecule has 1 aromatic rings. The molecule has 0 bridgehead atoms. The van der Waals surface area contributed by atoms with Gasteiger partial charge in [0.05, 0.1) is 0 Å². The second-order valence-corrected chi connectivity index (χ2v) is 7.31.